The number of thioether (sulfide) groups is 1. The standard InChI is InChI=1S/C16H19NO3S/c1-3-9-17(11-15(18)20-4-2)16(19)14-10-12-7-5-6-8-13(12)21-14/h3,5-8,14H,1,4,9-11H2,2H3. The molecule has 1 atom stereocenters. The second kappa shape index (κ2) is 7.31. The van der Waals surface area contributed by atoms with Crippen LogP contribution in [0.4, 0.5) is 0 Å². The van der Waals surface area contributed by atoms with Crippen molar-refractivity contribution in [2.45, 2.75) is 23.5 Å². The van der Waals surface area contributed by atoms with Crippen LogP contribution in [0.2, 0.25) is 0 Å². The Morgan fingerprint density at radius 3 is 2.90 bits per heavy atom. The molecule has 0 bridgehead atoms. The molecule has 0 radical (unpaired) electrons. The van der Waals surface area contributed by atoms with E-state index in [0.717, 1.165) is 4.90 Å². The number of amides is 1. The van der Waals surface area contributed by atoms with Gasteiger partial charge >= 0.3 is 5.97 Å². The minimum atomic E-state index is -0.381. The van der Waals surface area contributed by atoms with E-state index in [-0.39, 0.29) is 23.7 Å². The van der Waals surface area contributed by atoms with E-state index in [1.165, 1.54) is 10.5 Å². The molecule has 21 heavy (non-hydrogen) atoms. The third kappa shape index (κ3) is 3.88. The number of esters is 1. The molecule has 0 fully saturated rings. The Bertz CT molecular complexity index is 519. The highest BCUT2D eigenvalue weighted by molar-refractivity contribution is 8.01. The highest BCUT2D eigenvalue weighted by atomic mass is 32.2. The second-order valence-electron chi connectivity index (χ2n) is 4.73. The summed E-state index contributed by atoms with van der Waals surface area (Å²) in [6.45, 7) is 6.05. The highest BCUT2D eigenvalue weighted by Gasteiger charge is 2.31. The Labute approximate surface area is 129 Å². The van der Waals surface area contributed by atoms with E-state index in [2.05, 4.69) is 6.58 Å². The Hall–Kier alpha value is -1.75. The average Bonchev–Trinajstić information content (AvgIpc) is 2.90. The first-order chi connectivity index (χ1) is 10.2. The fourth-order valence-electron chi connectivity index (χ4n) is 2.27. The largest absolute Gasteiger partial charge is 0.465 e. The third-order valence-electron chi connectivity index (χ3n) is 3.21. The van der Waals surface area contributed by atoms with E-state index in [0.29, 0.717) is 19.6 Å². The normalized spacial score (nSPS) is 16.1. The number of nitrogens with zero attached hydrogens (tertiary/aromatic N) is 1. The molecule has 1 amide bonds. The molecule has 0 spiro atoms. The smallest absolute Gasteiger partial charge is 0.325 e. The Morgan fingerprint density at radius 1 is 1.48 bits per heavy atom. The molecule has 4 nitrogen and oxygen atoms in total. The van der Waals surface area contributed by atoms with Gasteiger partial charge in [0.15, 0.2) is 0 Å². The Morgan fingerprint density at radius 2 is 2.24 bits per heavy atom. The van der Waals surface area contributed by atoms with Crippen LogP contribution in [0.15, 0.2) is 41.8 Å². The van der Waals surface area contributed by atoms with Gasteiger partial charge in [-0.05, 0) is 25.0 Å². The van der Waals surface area contributed by atoms with Crippen LogP contribution in [0.1, 0.15) is 12.5 Å². The van der Waals surface area contributed by atoms with Crippen LogP contribution in [-0.4, -0.2) is 41.7 Å². The van der Waals surface area contributed by atoms with Crippen molar-refractivity contribution >= 4 is 23.6 Å². The molecule has 1 aromatic carbocycles. The summed E-state index contributed by atoms with van der Waals surface area (Å²) >= 11 is 1.56. The van der Waals surface area contributed by atoms with Crippen molar-refractivity contribution in [2.24, 2.45) is 0 Å². The lowest BCUT2D eigenvalue weighted by molar-refractivity contribution is -0.148. The molecule has 0 saturated heterocycles. The van der Waals surface area contributed by atoms with Gasteiger partial charge in [-0.3, -0.25) is 9.59 Å². The number of rotatable bonds is 6. The lowest BCUT2D eigenvalue weighted by Crippen LogP contribution is -2.41. The number of hydrogen-bond donors (Lipinski definition) is 0. The van der Waals surface area contributed by atoms with E-state index in [9.17, 15) is 9.59 Å². The predicted octanol–water partition coefficient (Wildman–Crippen LogP) is 2.28. The number of benzene rings is 1. The minimum absolute atomic E-state index is 0.0217. The first-order valence-corrected chi connectivity index (χ1v) is 7.83. The lowest BCUT2D eigenvalue weighted by Gasteiger charge is -2.22. The van der Waals surface area contributed by atoms with Gasteiger partial charge in [-0.25, -0.2) is 0 Å². The van der Waals surface area contributed by atoms with Crippen LogP contribution in [-0.2, 0) is 20.7 Å². The van der Waals surface area contributed by atoms with Crippen LogP contribution in [0.25, 0.3) is 0 Å². The summed E-state index contributed by atoms with van der Waals surface area (Å²) in [7, 11) is 0. The topological polar surface area (TPSA) is 46.6 Å². The molecule has 0 N–H and O–H groups in total. The van der Waals surface area contributed by atoms with E-state index >= 15 is 0 Å². The molecule has 0 aliphatic carbocycles. The number of ether oxygens (including phenoxy) is 1. The van der Waals surface area contributed by atoms with Crippen LogP contribution in [0.3, 0.4) is 0 Å². The zero-order valence-electron chi connectivity index (χ0n) is 12.1. The molecule has 2 rings (SSSR count). The molecule has 1 aromatic rings. The van der Waals surface area contributed by atoms with Gasteiger partial charge in [0, 0.05) is 11.4 Å². The fourth-order valence-corrected chi connectivity index (χ4v) is 3.55. The molecule has 1 heterocycles. The summed E-state index contributed by atoms with van der Waals surface area (Å²) < 4.78 is 4.92. The van der Waals surface area contributed by atoms with Crippen molar-refractivity contribution in [1.82, 2.24) is 4.90 Å². The van der Waals surface area contributed by atoms with Gasteiger partial charge in [0.25, 0.3) is 0 Å². The van der Waals surface area contributed by atoms with Crippen LogP contribution >= 0.6 is 11.8 Å². The SMILES string of the molecule is C=CCN(CC(=O)OCC)C(=O)C1Cc2ccccc2S1. The molecule has 112 valence electrons. The van der Waals surface area contributed by atoms with Crippen LogP contribution < -0.4 is 0 Å². The second-order valence-corrected chi connectivity index (χ2v) is 5.98. The monoisotopic (exact) mass is 305 g/mol. The number of fused-ring (bicyclic) bond motifs is 1. The van der Waals surface area contributed by atoms with E-state index < -0.39 is 0 Å². The van der Waals surface area contributed by atoms with Gasteiger partial charge in [-0.15, -0.1) is 18.3 Å². The summed E-state index contributed by atoms with van der Waals surface area (Å²) in [5.41, 5.74) is 1.19. The predicted molar refractivity (Wildman–Crippen MR) is 83.2 cm³/mol. The maximum atomic E-state index is 12.6. The summed E-state index contributed by atoms with van der Waals surface area (Å²) in [4.78, 5) is 26.9. The van der Waals surface area contributed by atoms with Gasteiger partial charge in [0.2, 0.25) is 5.91 Å². The molecule has 1 aliphatic heterocycles. The van der Waals surface area contributed by atoms with Crippen molar-refractivity contribution in [3.63, 3.8) is 0 Å². The molecule has 1 aliphatic rings. The third-order valence-corrected chi connectivity index (χ3v) is 4.51. The van der Waals surface area contributed by atoms with Crippen molar-refractivity contribution in [1.29, 1.82) is 0 Å². The average molecular weight is 305 g/mol. The van der Waals surface area contributed by atoms with Gasteiger partial charge < -0.3 is 9.64 Å². The molecular weight excluding hydrogens is 286 g/mol. The molecule has 0 saturated carbocycles. The van der Waals surface area contributed by atoms with Crippen molar-refractivity contribution in [3.05, 3.63) is 42.5 Å². The summed E-state index contributed by atoms with van der Waals surface area (Å²) in [6.07, 6.45) is 2.33. The summed E-state index contributed by atoms with van der Waals surface area (Å²) in [5, 5.41) is -0.170. The summed E-state index contributed by atoms with van der Waals surface area (Å²) in [6, 6.07) is 8.01. The van der Waals surface area contributed by atoms with E-state index in [4.69, 9.17) is 4.74 Å². The first kappa shape index (κ1) is 15.6. The van der Waals surface area contributed by atoms with E-state index in [1.54, 1.807) is 24.8 Å². The van der Waals surface area contributed by atoms with Gasteiger partial charge in [0.05, 0.1) is 11.9 Å². The first-order valence-electron chi connectivity index (χ1n) is 6.95. The van der Waals surface area contributed by atoms with Crippen molar-refractivity contribution < 1.29 is 14.3 Å². The quantitative estimate of drug-likeness (QED) is 0.597. The maximum absolute atomic E-state index is 12.6. The Kier molecular flexibility index (Phi) is 5.44. The number of carbonyl (C=O) groups is 2. The van der Waals surface area contributed by atoms with Crippen molar-refractivity contribution in [3.8, 4) is 0 Å². The molecule has 1 unspecified atom stereocenters. The van der Waals surface area contributed by atoms with Gasteiger partial charge in [0.1, 0.15) is 6.54 Å². The van der Waals surface area contributed by atoms with Crippen LogP contribution in [0.5, 0.6) is 0 Å². The fraction of sp³-hybridized carbons (Fsp3) is 0.375. The zero-order valence-corrected chi connectivity index (χ0v) is 12.9. The van der Waals surface area contributed by atoms with Gasteiger partial charge in [-0.2, -0.15) is 0 Å². The summed E-state index contributed by atoms with van der Waals surface area (Å²) in [5.74, 6) is -0.419. The van der Waals surface area contributed by atoms with Gasteiger partial charge in [-0.1, -0.05) is 24.3 Å². The molecule has 0 aromatic heterocycles. The lowest BCUT2D eigenvalue weighted by atomic mass is 10.1. The molecular formula is C16H19NO3S. The Balaban J connectivity index is 2.03. The van der Waals surface area contributed by atoms with Crippen LogP contribution in [0, 0.1) is 0 Å². The molecule has 5 heteroatoms. The maximum Gasteiger partial charge on any atom is 0.325 e. The zero-order chi connectivity index (χ0) is 15.2. The van der Waals surface area contributed by atoms with Crippen molar-refractivity contribution in [2.75, 3.05) is 19.7 Å². The minimum Gasteiger partial charge on any atom is -0.465 e. The highest BCUT2D eigenvalue weighted by Crippen LogP contribution is 2.37. The number of hydrogen-bond acceptors (Lipinski definition) is 4. The van der Waals surface area contributed by atoms with E-state index in [1.807, 2.05) is 24.3 Å². The number of carbonyl (C=O) groups excluding carboxylic acids is 2.